The molecule has 16 heavy (non-hydrogen) atoms. The second kappa shape index (κ2) is 5.87. The third-order valence-corrected chi connectivity index (χ3v) is 2.71. The third-order valence-electron chi connectivity index (χ3n) is 2.46. The van der Waals surface area contributed by atoms with Crippen LogP contribution in [0.2, 0.25) is 5.02 Å². The minimum absolute atomic E-state index is 0.198. The molecular formula is C12H16ClNO2. The molecule has 0 radical (unpaired) electrons. The molecule has 0 aliphatic carbocycles. The Balaban J connectivity index is 2.62. The summed E-state index contributed by atoms with van der Waals surface area (Å²) in [5.74, 6) is -0.198. The predicted octanol–water partition coefficient (Wildman–Crippen LogP) is 2.23. The number of aliphatic hydroxyl groups excluding tert-OH is 1. The molecule has 3 nitrogen and oxygen atoms in total. The van der Waals surface area contributed by atoms with Crippen molar-refractivity contribution in [1.29, 1.82) is 0 Å². The minimum Gasteiger partial charge on any atom is -0.391 e. The van der Waals surface area contributed by atoms with Crippen LogP contribution in [0.3, 0.4) is 0 Å². The molecule has 0 heterocycles. The van der Waals surface area contributed by atoms with Crippen molar-refractivity contribution in [2.75, 3.05) is 0 Å². The van der Waals surface area contributed by atoms with Gasteiger partial charge in [-0.2, -0.15) is 0 Å². The Morgan fingerprint density at radius 2 is 2.00 bits per heavy atom. The molecule has 0 fully saturated rings. The lowest BCUT2D eigenvalue weighted by Gasteiger charge is -2.18. The highest BCUT2D eigenvalue weighted by Crippen LogP contribution is 2.09. The van der Waals surface area contributed by atoms with Gasteiger partial charge in [0.05, 0.1) is 12.1 Å². The van der Waals surface area contributed by atoms with Gasteiger partial charge in [0.25, 0.3) is 5.91 Å². The topological polar surface area (TPSA) is 49.3 Å². The molecule has 1 rings (SSSR count). The van der Waals surface area contributed by atoms with Crippen LogP contribution in [-0.2, 0) is 0 Å². The third kappa shape index (κ3) is 3.51. The first-order valence-corrected chi connectivity index (χ1v) is 5.67. The summed E-state index contributed by atoms with van der Waals surface area (Å²) in [6.07, 6.45) is 0.0958. The van der Waals surface area contributed by atoms with Crippen LogP contribution in [0.1, 0.15) is 30.6 Å². The second-order valence-corrected chi connectivity index (χ2v) is 4.18. The molecule has 4 heteroatoms. The number of carbonyl (C=O) groups is 1. The van der Waals surface area contributed by atoms with Crippen molar-refractivity contribution in [3.05, 3.63) is 34.9 Å². The fourth-order valence-electron chi connectivity index (χ4n) is 1.34. The Morgan fingerprint density at radius 1 is 1.44 bits per heavy atom. The van der Waals surface area contributed by atoms with Crippen molar-refractivity contribution < 1.29 is 9.90 Å². The van der Waals surface area contributed by atoms with Crippen LogP contribution < -0.4 is 5.32 Å². The molecule has 2 unspecified atom stereocenters. The minimum atomic E-state index is -0.517. The standard InChI is InChI=1S/C12H16ClNO2/c1-3-11(15)8(2)14-12(16)9-4-6-10(13)7-5-9/h4-8,11,15H,3H2,1-2H3,(H,14,16). The molecule has 0 aliphatic heterocycles. The van der Waals surface area contributed by atoms with Gasteiger partial charge in [-0.25, -0.2) is 0 Å². The number of rotatable bonds is 4. The maximum Gasteiger partial charge on any atom is 0.251 e. The lowest BCUT2D eigenvalue weighted by Crippen LogP contribution is -2.40. The summed E-state index contributed by atoms with van der Waals surface area (Å²) in [6, 6.07) is 6.38. The highest BCUT2D eigenvalue weighted by Gasteiger charge is 2.15. The van der Waals surface area contributed by atoms with E-state index in [9.17, 15) is 9.90 Å². The highest BCUT2D eigenvalue weighted by molar-refractivity contribution is 6.30. The second-order valence-electron chi connectivity index (χ2n) is 3.74. The van der Waals surface area contributed by atoms with Gasteiger partial charge in [0.15, 0.2) is 0 Å². The molecular weight excluding hydrogens is 226 g/mol. The van der Waals surface area contributed by atoms with E-state index in [2.05, 4.69) is 5.32 Å². The van der Waals surface area contributed by atoms with E-state index in [1.807, 2.05) is 6.92 Å². The van der Waals surface area contributed by atoms with E-state index in [0.717, 1.165) is 0 Å². The van der Waals surface area contributed by atoms with E-state index in [1.54, 1.807) is 31.2 Å². The highest BCUT2D eigenvalue weighted by atomic mass is 35.5. The van der Waals surface area contributed by atoms with E-state index < -0.39 is 6.10 Å². The molecule has 0 aliphatic rings. The Morgan fingerprint density at radius 3 is 2.50 bits per heavy atom. The zero-order chi connectivity index (χ0) is 12.1. The normalized spacial score (nSPS) is 14.2. The smallest absolute Gasteiger partial charge is 0.251 e. The van der Waals surface area contributed by atoms with Gasteiger partial charge in [-0.1, -0.05) is 18.5 Å². The summed E-state index contributed by atoms with van der Waals surface area (Å²) < 4.78 is 0. The average Bonchev–Trinajstić information content (AvgIpc) is 2.28. The maximum atomic E-state index is 11.7. The molecule has 1 aromatic rings. The van der Waals surface area contributed by atoms with Crippen LogP contribution in [0.15, 0.2) is 24.3 Å². The molecule has 2 N–H and O–H groups in total. The molecule has 0 saturated carbocycles. The lowest BCUT2D eigenvalue weighted by molar-refractivity contribution is 0.0846. The van der Waals surface area contributed by atoms with Gasteiger partial charge in [0.1, 0.15) is 0 Å². The predicted molar refractivity (Wildman–Crippen MR) is 64.7 cm³/mol. The van der Waals surface area contributed by atoms with Crippen molar-refractivity contribution in [3.63, 3.8) is 0 Å². The molecule has 0 saturated heterocycles. The largest absolute Gasteiger partial charge is 0.391 e. The Labute approximate surface area is 100 Å². The summed E-state index contributed by atoms with van der Waals surface area (Å²) in [5, 5.41) is 12.9. The van der Waals surface area contributed by atoms with Crippen LogP contribution in [0.5, 0.6) is 0 Å². The average molecular weight is 242 g/mol. The molecule has 0 aromatic heterocycles. The van der Waals surface area contributed by atoms with Gasteiger partial charge in [-0.05, 0) is 37.6 Å². The molecule has 2 atom stereocenters. The Bertz CT molecular complexity index is 351. The number of nitrogens with one attached hydrogen (secondary N) is 1. The van der Waals surface area contributed by atoms with Crippen LogP contribution in [0.25, 0.3) is 0 Å². The van der Waals surface area contributed by atoms with Gasteiger partial charge in [0, 0.05) is 10.6 Å². The molecule has 0 bridgehead atoms. The number of aliphatic hydroxyl groups is 1. The molecule has 0 spiro atoms. The summed E-state index contributed by atoms with van der Waals surface area (Å²) in [5.41, 5.74) is 0.541. The van der Waals surface area contributed by atoms with Crippen molar-refractivity contribution in [2.45, 2.75) is 32.4 Å². The summed E-state index contributed by atoms with van der Waals surface area (Å²) in [4.78, 5) is 11.7. The number of amides is 1. The van der Waals surface area contributed by atoms with Gasteiger partial charge < -0.3 is 10.4 Å². The Kier molecular flexibility index (Phi) is 4.77. The van der Waals surface area contributed by atoms with Crippen molar-refractivity contribution in [2.24, 2.45) is 0 Å². The van der Waals surface area contributed by atoms with Gasteiger partial charge in [-0.15, -0.1) is 0 Å². The van der Waals surface area contributed by atoms with Crippen molar-refractivity contribution in [3.8, 4) is 0 Å². The molecule has 88 valence electrons. The van der Waals surface area contributed by atoms with Crippen LogP contribution in [0.4, 0.5) is 0 Å². The van der Waals surface area contributed by atoms with Gasteiger partial charge in [-0.3, -0.25) is 4.79 Å². The molecule has 1 amide bonds. The van der Waals surface area contributed by atoms with Crippen molar-refractivity contribution in [1.82, 2.24) is 5.32 Å². The SMILES string of the molecule is CCC(O)C(C)NC(=O)c1ccc(Cl)cc1. The number of hydrogen-bond acceptors (Lipinski definition) is 2. The van der Waals surface area contributed by atoms with Crippen LogP contribution in [-0.4, -0.2) is 23.2 Å². The first kappa shape index (κ1) is 13.0. The van der Waals surface area contributed by atoms with Crippen LogP contribution >= 0.6 is 11.6 Å². The van der Waals surface area contributed by atoms with E-state index in [-0.39, 0.29) is 11.9 Å². The first-order valence-electron chi connectivity index (χ1n) is 5.29. The van der Waals surface area contributed by atoms with Crippen LogP contribution in [0, 0.1) is 0 Å². The monoisotopic (exact) mass is 241 g/mol. The number of halogens is 1. The van der Waals surface area contributed by atoms with E-state index in [0.29, 0.717) is 17.0 Å². The summed E-state index contributed by atoms with van der Waals surface area (Å²) in [7, 11) is 0. The quantitative estimate of drug-likeness (QED) is 0.849. The summed E-state index contributed by atoms with van der Waals surface area (Å²) in [6.45, 7) is 3.65. The fraction of sp³-hybridized carbons (Fsp3) is 0.417. The number of carbonyl (C=O) groups excluding carboxylic acids is 1. The fourth-order valence-corrected chi connectivity index (χ4v) is 1.47. The zero-order valence-electron chi connectivity index (χ0n) is 9.40. The van der Waals surface area contributed by atoms with Gasteiger partial charge in [0.2, 0.25) is 0 Å². The van der Waals surface area contributed by atoms with E-state index in [4.69, 9.17) is 11.6 Å². The number of benzene rings is 1. The summed E-state index contributed by atoms with van der Waals surface area (Å²) >= 11 is 5.72. The van der Waals surface area contributed by atoms with Crippen molar-refractivity contribution >= 4 is 17.5 Å². The number of hydrogen-bond donors (Lipinski definition) is 2. The maximum absolute atomic E-state index is 11.7. The Hall–Kier alpha value is -1.06. The zero-order valence-corrected chi connectivity index (χ0v) is 10.2. The van der Waals surface area contributed by atoms with Gasteiger partial charge >= 0.3 is 0 Å². The van der Waals surface area contributed by atoms with E-state index >= 15 is 0 Å². The van der Waals surface area contributed by atoms with E-state index in [1.165, 1.54) is 0 Å². The lowest BCUT2D eigenvalue weighted by atomic mass is 10.1. The molecule has 1 aromatic carbocycles. The first-order chi connectivity index (χ1) is 7.54.